The Morgan fingerprint density at radius 3 is 2.54 bits per heavy atom. The average molecular weight is 323 g/mol. The number of anilines is 2. The van der Waals surface area contributed by atoms with E-state index in [-0.39, 0.29) is 17.4 Å². The van der Waals surface area contributed by atoms with E-state index in [4.69, 9.17) is 0 Å². The second-order valence-corrected chi connectivity index (χ2v) is 4.98. The number of halogens is 1. The summed E-state index contributed by atoms with van der Waals surface area (Å²) in [5, 5.41) is 13.6. The summed E-state index contributed by atoms with van der Waals surface area (Å²) in [5.41, 5.74) is 1.79. The quantitative estimate of drug-likeness (QED) is 0.754. The van der Waals surface area contributed by atoms with Crippen LogP contribution >= 0.6 is 0 Å². The Morgan fingerprint density at radius 1 is 1.04 bits per heavy atom. The molecule has 0 bridgehead atoms. The molecule has 120 valence electrons. The van der Waals surface area contributed by atoms with Gasteiger partial charge in [0.25, 0.3) is 5.91 Å². The van der Waals surface area contributed by atoms with Gasteiger partial charge in [-0.25, -0.2) is 4.39 Å². The lowest BCUT2D eigenvalue weighted by Gasteiger charge is -2.06. The molecule has 0 atom stereocenters. The Bertz CT molecular complexity index is 807. The lowest BCUT2D eigenvalue weighted by Crippen LogP contribution is -2.24. The molecule has 0 aliphatic rings. The van der Waals surface area contributed by atoms with E-state index in [2.05, 4.69) is 25.8 Å². The van der Waals surface area contributed by atoms with Crippen LogP contribution in [0.15, 0.2) is 60.9 Å². The van der Waals surface area contributed by atoms with Crippen LogP contribution in [0.25, 0.3) is 0 Å². The summed E-state index contributed by atoms with van der Waals surface area (Å²) in [6.07, 6.45) is 3.35. The zero-order chi connectivity index (χ0) is 16.8. The van der Waals surface area contributed by atoms with E-state index in [9.17, 15) is 9.18 Å². The summed E-state index contributed by atoms with van der Waals surface area (Å²) in [6.45, 7) is 0.365. The van der Waals surface area contributed by atoms with Crippen molar-refractivity contribution in [3.05, 3.63) is 78.0 Å². The molecule has 0 fully saturated rings. The molecule has 3 aromatic rings. The maximum absolute atomic E-state index is 12.9. The van der Waals surface area contributed by atoms with Crippen LogP contribution in [0.3, 0.4) is 0 Å². The van der Waals surface area contributed by atoms with Crippen molar-refractivity contribution in [2.75, 3.05) is 5.32 Å². The third-order valence-electron chi connectivity index (χ3n) is 3.19. The van der Waals surface area contributed by atoms with E-state index in [1.54, 1.807) is 42.7 Å². The highest BCUT2D eigenvalue weighted by molar-refractivity contribution is 5.92. The minimum absolute atomic E-state index is 0.212. The summed E-state index contributed by atoms with van der Waals surface area (Å²) < 4.78 is 12.9. The molecule has 1 amide bonds. The van der Waals surface area contributed by atoms with Crippen molar-refractivity contribution >= 4 is 17.4 Å². The number of benzene rings is 1. The minimum Gasteiger partial charge on any atom is -0.347 e. The van der Waals surface area contributed by atoms with E-state index < -0.39 is 0 Å². The van der Waals surface area contributed by atoms with E-state index in [0.29, 0.717) is 18.1 Å². The fourth-order valence-electron chi connectivity index (χ4n) is 1.98. The van der Waals surface area contributed by atoms with E-state index in [1.165, 1.54) is 12.1 Å². The lowest BCUT2D eigenvalue weighted by molar-refractivity contribution is 0.0945. The highest BCUT2D eigenvalue weighted by atomic mass is 19.1. The van der Waals surface area contributed by atoms with Crippen LogP contribution in [0.2, 0.25) is 0 Å². The first-order chi connectivity index (χ1) is 11.7. The van der Waals surface area contributed by atoms with Crippen molar-refractivity contribution in [2.45, 2.75) is 6.54 Å². The van der Waals surface area contributed by atoms with Gasteiger partial charge in [-0.2, -0.15) is 0 Å². The molecule has 0 spiro atoms. The number of nitrogens with one attached hydrogen (secondary N) is 2. The summed E-state index contributed by atoms with van der Waals surface area (Å²) >= 11 is 0. The van der Waals surface area contributed by atoms with Crippen LogP contribution in [0.4, 0.5) is 15.9 Å². The maximum Gasteiger partial charge on any atom is 0.272 e. The Balaban J connectivity index is 1.59. The van der Waals surface area contributed by atoms with E-state index in [0.717, 1.165) is 5.56 Å². The molecule has 6 nitrogen and oxygen atoms in total. The molecule has 3 rings (SSSR count). The van der Waals surface area contributed by atoms with Crippen molar-refractivity contribution < 1.29 is 9.18 Å². The fraction of sp³-hybridized carbons (Fsp3) is 0.0588. The Morgan fingerprint density at radius 2 is 1.88 bits per heavy atom. The number of rotatable bonds is 5. The predicted molar refractivity (Wildman–Crippen MR) is 87.1 cm³/mol. The van der Waals surface area contributed by atoms with Crippen LogP contribution in [0, 0.1) is 5.82 Å². The van der Waals surface area contributed by atoms with Crippen molar-refractivity contribution in [3.8, 4) is 0 Å². The highest BCUT2D eigenvalue weighted by Crippen LogP contribution is 2.14. The zero-order valence-corrected chi connectivity index (χ0v) is 12.6. The van der Waals surface area contributed by atoms with Crippen LogP contribution in [0.5, 0.6) is 0 Å². The van der Waals surface area contributed by atoms with Gasteiger partial charge in [0.1, 0.15) is 5.82 Å². The number of hydrogen-bond acceptors (Lipinski definition) is 5. The lowest BCUT2D eigenvalue weighted by atomic mass is 10.3. The first-order valence-corrected chi connectivity index (χ1v) is 7.24. The highest BCUT2D eigenvalue weighted by Gasteiger charge is 2.08. The molecule has 0 saturated heterocycles. The van der Waals surface area contributed by atoms with Gasteiger partial charge in [-0.1, -0.05) is 6.07 Å². The monoisotopic (exact) mass is 323 g/mol. The molecule has 0 saturated carbocycles. The number of nitrogens with zero attached hydrogens (tertiary/aromatic N) is 3. The molecule has 24 heavy (non-hydrogen) atoms. The average Bonchev–Trinajstić information content (AvgIpc) is 2.63. The molecule has 2 heterocycles. The summed E-state index contributed by atoms with van der Waals surface area (Å²) in [4.78, 5) is 16.0. The third-order valence-corrected chi connectivity index (χ3v) is 3.19. The number of carbonyl (C=O) groups excluding carboxylic acids is 1. The number of amides is 1. The van der Waals surface area contributed by atoms with Gasteiger partial charge in [0, 0.05) is 24.6 Å². The molecule has 7 heteroatoms. The molecular weight excluding hydrogens is 309 g/mol. The summed E-state index contributed by atoms with van der Waals surface area (Å²) in [5.74, 6) is -0.169. The molecule has 0 aliphatic heterocycles. The Labute approximate surface area is 137 Å². The van der Waals surface area contributed by atoms with Gasteiger partial charge in [-0.3, -0.25) is 9.78 Å². The predicted octanol–water partition coefficient (Wildman–Crippen LogP) is 2.68. The topological polar surface area (TPSA) is 79.8 Å². The van der Waals surface area contributed by atoms with Gasteiger partial charge in [-0.15, -0.1) is 10.2 Å². The van der Waals surface area contributed by atoms with Crippen molar-refractivity contribution in [1.82, 2.24) is 20.5 Å². The standard InChI is InChI=1S/C17H14FN5O/c18-13-3-5-14(6-4-13)21-16-8-7-15(22-23-16)17(24)20-11-12-2-1-9-19-10-12/h1-10H,11H2,(H,20,24)(H,21,23). The van der Waals surface area contributed by atoms with Gasteiger partial charge in [0.15, 0.2) is 11.5 Å². The van der Waals surface area contributed by atoms with Crippen molar-refractivity contribution in [2.24, 2.45) is 0 Å². The Kier molecular flexibility index (Phi) is 4.71. The molecule has 0 radical (unpaired) electrons. The summed E-state index contributed by atoms with van der Waals surface area (Å²) in [7, 11) is 0. The van der Waals surface area contributed by atoms with E-state index >= 15 is 0 Å². The van der Waals surface area contributed by atoms with Crippen molar-refractivity contribution in [1.29, 1.82) is 0 Å². The molecule has 0 unspecified atom stereocenters. The second kappa shape index (κ2) is 7.28. The number of hydrogen-bond donors (Lipinski definition) is 2. The van der Waals surface area contributed by atoms with Gasteiger partial charge in [0.2, 0.25) is 0 Å². The maximum atomic E-state index is 12.9. The Hall–Kier alpha value is -3.35. The largest absolute Gasteiger partial charge is 0.347 e. The van der Waals surface area contributed by atoms with Crippen LogP contribution in [0.1, 0.15) is 16.1 Å². The molecule has 2 aromatic heterocycles. The first kappa shape index (κ1) is 15.5. The SMILES string of the molecule is O=C(NCc1cccnc1)c1ccc(Nc2ccc(F)cc2)nn1. The number of carbonyl (C=O) groups is 1. The van der Waals surface area contributed by atoms with Gasteiger partial charge in [-0.05, 0) is 48.0 Å². The third kappa shape index (κ3) is 4.10. The number of pyridine rings is 1. The number of aromatic nitrogens is 3. The molecular formula is C17H14FN5O. The van der Waals surface area contributed by atoms with Crippen LogP contribution < -0.4 is 10.6 Å². The van der Waals surface area contributed by atoms with Crippen LogP contribution in [-0.2, 0) is 6.54 Å². The first-order valence-electron chi connectivity index (χ1n) is 7.24. The zero-order valence-electron chi connectivity index (χ0n) is 12.6. The summed E-state index contributed by atoms with van der Waals surface area (Å²) in [6, 6.07) is 12.7. The van der Waals surface area contributed by atoms with Gasteiger partial charge in [0.05, 0.1) is 0 Å². The molecule has 1 aromatic carbocycles. The van der Waals surface area contributed by atoms with E-state index in [1.807, 2.05) is 6.07 Å². The van der Waals surface area contributed by atoms with Gasteiger partial charge >= 0.3 is 0 Å². The van der Waals surface area contributed by atoms with Gasteiger partial charge < -0.3 is 10.6 Å². The van der Waals surface area contributed by atoms with Crippen LogP contribution in [-0.4, -0.2) is 21.1 Å². The minimum atomic E-state index is -0.320. The molecule has 0 aliphatic carbocycles. The second-order valence-electron chi connectivity index (χ2n) is 4.98. The van der Waals surface area contributed by atoms with Crippen molar-refractivity contribution in [3.63, 3.8) is 0 Å². The smallest absolute Gasteiger partial charge is 0.272 e. The normalized spacial score (nSPS) is 10.2. The molecule has 2 N–H and O–H groups in total. The fourth-order valence-corrected chi connectivity index (χ4v) is 1.98.